The third-order valence-electron chi connectivity index (χ3n) is 4.98. The summed E-state index contributed by atoms with van der Waals surface area (Å²) in [4.78, 5) is 83.0. The smallest absolute Gasteiger partial charge is 0.326 e. The maximum absolute atomic E-state index is 12.8. The van der Waals surface area contributed by atoms with Crippen LogP contribution in [0.1, 0.15) is 31.2 Å². The number of hydrogen-bond acceptors (Lipinski definition) is 8. The Morgan fingerprint density at radius 3 is 1.73 bits per heavy atom. The van der Waals surface area contributed by atoms with Crippen LogP contribution in [0.5, 0.6) is 0 Å². The second kappa shape index (κ2) is 14.8. The number of carboxylic acid groups (broad SMARTS) is 2. The van der Waals surface area contributed by atoms with Gasteiger partial charge in [-0.1, -0.05) is 30.3 Å². The van der Waals surface area contributed by atoms with Gasteiger partial charge in [-0.3, -0.25) is 28.8 Å². The molecule has 15 nitrogen and oxygen atoms in total. The number of aliphatic carboxylic acids is 2. The summed E-state index contributed by atoms with van der Waals surface area (Å²) >= 11 is 0. The Hall–Kier alpha value is -4.53. The van der Waals surface area contributed by atoms with E-state index in [2.05, 4.69) is 10.6 Å². The van der Waals surface area contributed by atoms with Crippen LogP contribution in [0.25, 0.3) is 0 Å². The lowest BCUT2D eigenvalue weighted by molar-refractivity contribution is -0.144. The molecule has 1 rings (SSSR count). The average molecular weight is 523 g/mol. The number of rotatable bonds is 16. The molecule has 0 bridgehead atoms. The maximum Gasteiger partial charge on any atom is 0.326 e. The Morgan fingerprint density at radius 1 is 0.730 bits per heavy atom. The fraction of sp³-hybridized carbons (Fsp3) is 0.409. The first-order valence-electron chi connectivity index (χ1n) is 11.0. The van der Waals surface area contributed by atoms with Crippen LogP contribution < -0.4 is 33.2 Å². The summed E-state index contributed by atoms with van der Waals surface area (Å²) in [6.07, 6.45) is -2.34. The molecule has 202 valence electrons. The minimum absolute atomic E-state index is 0.101. The molecule has 0 aliphatic rings. The normalized spacial score (nSPS) is 13.8. The van der Waals surface area contributed by atoms with Gasteiger partial charge in [-0.25, -0.2) is 4.79 Å². The zero-order chi connectivity index (χ0) is 28.1. The minimum Gasteiger partial charge on any atom is -0.481 e. The molecule has 0 saturated carbocycles. The van der Waals surface area contributed by atoms with Crippen molar-refractivity contribution in [3.8, 4) is 0 Å². The van der Waals surface area contributed by atoms with Crippen molar-refractivity contribution in [1.29, 1.82) is 0 Å². The molecule has 0 heterocycles. The third-order valence-corrected chi connectivity index (χ3v) is 4.98. The van der Waals surface area contributed by atoms with Crippen molar-refractivity contribution in [2.24, 2.45) is 17.2 Å². The predicted molar refractivity (Wildman–Crippen MR) is 126 cm³/mol. The van der Waals surface area contributed by atoms with Crippen LogP contribution in [0.3, 0.4) is 0 Å². The van der Waals surface area contributed by atoms with Gasteiger partial charge in [0.15, 0.2) is 0 Å². The van der Waals surface area contributed by atoms with Gasteiger partial charge in [-0.2, -0.15) is 0 Å². The molecule has 0 spiro atoms. The van der Waals surface area contributed by atoms with E-state index in [1.165, 1.54) is 0 Å². The number of primary amides is 2. The number of carboxylic acids is 2. The quantitative estimate of drug-likeness (QED) is 0.107. The molecule has 0 fully saturated rings. The summed E-state index contributed by atoms with van der Waals surface area (Å²) in [7, 11) is 0. The highest BCUT2D eigenvalue weighted by molar-refractivity contribution is 5.97. The van der Waals surface area contributed by atoms with E-state index in [1.807, 2.05) is 5.32 Å². The summed E-state index contributed by atoms with van der Waals surface area (Å²) in [5, 5.41) is 24.7. The lowest BCUT2D eigenvalue weighted by atomic mass is 10.0. The molecule has 5 amide bonds. The van der Waals surface area contributed by atoms with E-state index in [4.69, 9.17) is 22.3 Å². The lowest BCUT2D eigenvalue weighted by Crippen LogP contribution is -2.58. The van der Waals surface area contributed by atoms with Gasteiger partial charge in [0.1, 0.15) is 18.1 Å². The van der Waals surface area contributed by atoms with Gasteiger partial charge in [0, 0.05) is 6.42 Å². The average Bonchev–Trinajstić information content (AvgIpc) is 2.80. The van der Waals surface area contributed by atoms with Crippen molar-refractivity contribution in [3.63, 3.8) is 0 Å². The van der Waals surface area contributed by atoms with E-state index in [0.29, 0.717) is 0 Å². The molecule has 4 atom stereocenters. The van der Waals surface area contributed by atoms with Gasteiger partial charge in [-0.15, -0.1) is 0 Å². The van der Waals surface area contributed by atoms with Crippen molar-refractivity contribution in [3.05, 3.63) is 35.9 Å². The molecule has 0 aliphatic carbocycles. The Balaban J connectivity index is 2.97. The first-order chi connectivity index (χ1) is 17.3. The van der Waals surface area contributed by atoms with E-state index >= 15 is 0 Å². The zero-order valence-electron chi connectivity index (χ0n) is 19.7. The molecule has 1 aromatic rings. The van der Waals surface area contributed by atoms with E-state index in [1.54, 1.807) is 30.3 Å². The van der Waals surface area contributed by atoms with Gasteiger partial charge in [-0.05, 0) is 18.4 Å². The molecule has 1 aromatic carbocycles. The van der Waals surface area contributed by atoms with E-state index in [-0.39, 0.29) is 19.3 Å². The van der Waals surface area contributed by atoms with Crippen LogP contribution in [0.15, 0.2) is 30.3 Å². The Kier molecular flexibility index (Phi) is 12.2. The maximum atomic E-state index is 12.8. The molecule has 11 N–H and O–H groups in total. The number of amides is 5. The number of carbonyl (C=O) groups excluding carboxylic acids is 5. The fourth-order valence-corrected chi connectivity index (χ4v) is 3.12. The molecule has 37 heavy (non-hydrogen) atoms. The van der Waals surface area contributed by atoms with Gasteiger partial charge < -0.3 is 43.4 Å². The third kappa shape index (κ3) is 11.6. The van der Waals surface area contributed by atoms with Crippen molar-refractivity contribution in [2.75, 3.05) is 0 Å². The number of hydrogen-bond donors (Lipinski definition) is 8. The number of nitrogens with two attached hydrogens (primary N) is 3. The second-order valence-corrected chi connectivity index (χ2v) is 8.09. The number of nitrogens with one attached hydrogen (secondary N) is 3. The van der Waals surface area contributed by atoms with Gasteiger partial charge in [0.25, 0.3) is 0 Å². The van der Waals surface area contributed by atoms with Gasteiger partial charge >= 0.3 is 11.9 Å². The number of carbonyl (C=O) groups is 7. The molecule has 15 heteroatoms. The molecule has 4 unspecified atom stereocenters. The van der Waals surface area contributed by atoms with Crippen molar-refractivity contribution in [2.45, 2.75) is 56.3 Å². The topological polar surface area (TPSA) is 274 Å². The Morgan fingerprint density at radius 2 is 1.24 bits per heavy atom. The van der Waals surface area contributed by atoms with Crippen LogP contribution in [-0.2, 0) is 40.0 Å². The second-order valence-electron chi connectivity index (χ2n) is 8.09. The summed E-state index contributed by atoms with van der Waals surface area (Å²) in [5.74, 6) is -8.02. The van der Waals surface area contributed by atoms with Gasteiger partial charge in [0.2, 0.25) is 29.5 Å². The monoisotopic (exact) mass is 522 g/mol. The molecule has 0 aliphatic heterocycles. The van der Waals surface area contributed by atoms with E-state index < -0.39 is 78.5 Å². The van der Waals surface area contributed by atoms with Crippen LogP contribution in [0, 0.1) is 0 Å². The van der Waals surface area contributed by atoms with Crippen LogP contribution in [0.2, 0.25) is 0 Å². The lowest BCUT2D eigenvalue weighted by Gasteiger charge is -2.24. The van der Waals surface area contributed by atoms with Crippen molar-refractivity contribution < 1.29 is 43.8 Å². The standard InChI is InChI=1S/C22H30N6O9/c23-12(8-11-4-2-1-3-5-11)19(33)27-14(9-17(25)30)20(34)28-15(10-18(31)32)21(35)26-13(22(36)37)6-7-16(24)29/h1-5,12-15H,6-10,23H2,(H2,24,29)(H2,25,30)(H,26,35)(H,27,33)(H,28,34)(H,31,32)(H,36,37). The summed E-state index contributed by atoms with van der Waals surface area (Å²) in [6, 6.07) is 2.55. The largest absolute Gasteiger partial charge is 0.481 e. The summed E-state index contributed by atoms with van der Waals surface area (Å²) in [5.41, 5.74) is 16.7. The highest BCUT2D eigenvalue weighted by Crippen LogP contribution is 2.05. The SMILES string of the molecule is NC(=O)CCC(NC(=O)C(CC(=O)O)NC(=O)C(CC(N)=O)NC(=O)C(N)Cc1ccccc1)C(=O)O. The first kappa shape index (κ1) is 30.5. The van der Waals surface area contributed by atoms with Crippen molar-refractivity contribution in [1.82, 2.24) is 16.0 Å². The van der Waals surface area contributed by atoms with Crippen LogP contribution in [-0.4, -0.2) is 75.9 Å². The van der Waals surface area contributed by atoms with Crippen molar-refractivity contribution >= 4 is 41.5 Å². The zero-order valence-corrected chi connectivity index (χ0v) is 19.7. The molecular formula is C22H30N6O9. The Bertz CT molecular complexity index is 1020. The predicted octanol–water partition coefficient (Wildman–Crippen LogP) is -3.29. The summed E-state index contributed by atoms with van der Waals surface area (Å²) in [6.45, 7) is 0. The molecule has 0 aromatic heterocycles. The number of benzene rings is 1. The summed E-state index contributed by atoms with van der Waals surface area (Å²) < 4.78 is 0. The fourth-order valence-electron chi connectivity index (χ4n) is 3.12. The molecular weight excluding hydrogens is 492 g/mol. The highest BCUT2D eigenvalue weighted by atomic mass is 16.4. The first-order valence-corrected chi connectivity index (χ1v) is 11.0. The minimum atomic E-state index is -1.80. The van der Waals surface area contributed by atoms with Crippen LogP contribution in [0.4, 0.5) is 0 Å². The molecule has 0 saturated heterocycles. The van der Waals surface area contributed by atoms with Crippen LogP contribution >= 0.6 is 0 Å². The Labute approximate surface area is 211 Å². The van der Waals surface area contributed by atoms with E-state index in [0.717, 1.165) is 5.56 Å². The highest BCUT2D eigenvalue weighted by Gasteiger charge is 2.32. The molecule has 0 radical (unpaired) electrons. The van der Waals surface area contributed by atoms with Gasteiger partial charge in [0.05, 0.1) is 18.9 Å². The van der Waals surface area contributed by atoms with E-state index in [9.17, 15) is 38.7 Å².